The van der Waals surface area contributed by atoms with Gasteiger partial charge in [-0.25, -0.2) is 0 Å². The van der Waals surface area contributed by atoms with Crippen molar-refractivity contribution in [1.29, 1.82) is 0 Å². The number of para-hydroxylation sites is 1. The van der Waals surface area contributed by atoms with Crippen molar-refractivity contribution >= 4 is 28.4 Å². The third kappa shape index (κ3) is 4.06. The first-order valence-electron chi connectivity index (χ1n) is 8.48. The van der Waals surface area contributed by atoms with Crippen LogP contribution in [0.4, 0.5) is 5.69 Å². The van der Waals surface area contributed by atoms with Gasteiger partial charge in [0.15, 0.2) is 0 Å². The molecular formula is C21H21N3O2. The number of pyridine rings is 1. The second-order valence-electron chi connectivity index (χ2n) is 6.23. The van der Waals surface area contributed by atoms with Gasteiger partial charge >= 0.3 is 0 Å². The SMILES string of the molecule is CC(=O)N(CC(=O)Nc1cccc2cccnc12)Cc1ccccc1C. The molecule has 0 unspecified atom stereocenters. The lowest BCUT2D eigenvalue weighted by Crippen LogP contribution is -2.36. The Labute approximate surface area is 152 Å². The predicted molar refractivity (Wildman–Crippen MR) is 103 cm³/mol. The first-order chi connectivity index (χ1) is 12.5. The molecule has 2 amide bonds. The summed E-state index contributed by atoms with van der Waals surface area (Å²) in [4.78, 5) is 30.4. The van der Waals surface area contributed by atoms with Crippen LogP contribution in [0.5, 0.6) is 0 Å². The van der Waals surface area contributed by atoms with Gasteiger partial charge in [-0.1, -0.05) is 42.5 Å². The molecule has 0 aliphatic carbocycles. The molecule has 2 aromatic carbocycles. The number of aryl methyl sites for hydroxylation is 1. The van der Waals surface area contributed by atoms with E-state index in [2.05, 4.69) is 10.3 Å². The summed E-state index contributed by atoms with van der Waals surface area (Å²) in [6.07, 6.45) is 1.69. The van der Waals surface area contributed by atoms with Gasteiger partial charge in [0.1, 0.15) is 6.54 Å². The number of fused-ring (bicyclic) bond motifs is 1. The van der Waals surface area contributed by atoms with E-state index in [0.717, 1.165) is 22.0 Å². The van der Waals surface area contributed by atoms with Gasteiger partial charge in [-0.15, -0.1) is 0 Å². The summed E-state index contributed by atoms with van der Waals surface area (Å²) in [5, 5.41) is 3.83. The Hall–Kier alpha value is -3.21. The average molecular weight is 347 g/mol. The molecule has 0 fully saturated rings. The second-order valence-corrected chi connectivity index (χ2v) is 6.23. The lowest BCUT2D eigenvalue weighted by atomic mass is 10.1. The van der Waals surface area contributed by atoms with Gasteiger partial charge in [0, 0.05) is 25.1 Å². The molecule has 3 rings (SSSR count). The van der Waals surface area contributed by atoms with Gasteiger partial charge in [0.25, 0.3) is 0 Å². The molecule has 132 valence electrons. The molecule has 3 aromatic rings. The van der Waals surface area contributed by atoms with Crippen molar-refractivity contribution in [2.24, 2.45) is 0 Å². The van der Waals surface area contributed by atoms with Gasteiger partial charge in [-0.3, -0.25) is 14.6 Å². The highest BCUT2D eigenvalue weighted by atomic mass is 16.2. The van der Waals surface area contributed by atoms with Gasteiger partial charge in [0.05, 0.1) is 11.2 Å². The van der Waals surface area contributed by atoms with Crippen LogP contribution in [0.25, 0.3) is 10.9 Å². The van der Waals surface area contributed by atoms with Crippen molar-refractivity contribution in [2.75, 3.05) is 11.9 Å². The summed E-state index contributed by atoms with van der Waals surface area (Å²) in [7, 11) is 0. The highest BCUT2D eigenvalue weighted by Gasteiger charge is 2.16. The standard InChI is InChI=1S/C21H21N3O2/c1-15-7-3-4-8-18(15)13-24(16(2)25)14-20(26)23-19-11-5-9-17-10-6-12-22-21(17)19/h3-12H,13-14H2,1-2H3,(H,23,26). The Morgan fingerprint density at radius 1 is 1.04 bits per heavy atom. The summed E-state index contributed by atoms with van der Waals surface area (Å²) in [6.45, 7) is 3.87. The van der Waals surface area contributed by atoms with Gasteiger partial charge in [0.2, 0.25) is 11.8 Å². The number of nitrogens with one attached hydrogen (secondary N) is 1. The van der Waals surface area contributed by atoms with Crippen molar-refractivity contribution in [3.05, 3.63) is 71.9 Å². The molecule has 0 spiro atoms. The maximum absolute atomic E-state index is 12.5. The molecule has 0 atom stereocenters. The van der Waals surface area contributed by atoms with Crippen LogP contribution in [0.2, 0.25) is 0 Å². The van der Waals surface area contributed by atoms with Crippen LogP contribution in [-0.2, 0) is 16.1 Å². The normalized spacial score (nSPS) is 10.5. The van der Waals surface area contributed by atoms with E-state index in [1.54, 1.807) is 6.20 Å². The van der Waals surface area contributed by atoms with Crippen LogP contribution in [0, 0.1) is 6.92 Å². The van der Waals surface area contributed by atoms with Crippen molar-refractivity contribution < 1.29 is 9.59 Å². The van der Waals surface area contributed by atoms with E-state index in [-0.39, 0.29) is 18.4 Å². The molecule has 0 aliphatic rings. The van der Waals surface area contributed by atoms with Crippen molar-refractivity contribution in [3.8, 4) is 0 Å². The van der Waals surface area contributed by atoms with Crippen LogP contribution in [0.15, 0.2) is 60.8 Å². The molecule has 1 N–H and O–H groups in total. The van der Waals surface area contributed by atoms with Crippen LogP contribution < -0.4 is 5.32 Å². The van der Waals surface area contributed by atoms with Crippen LogP contribution >= 0.6 is 0 Å². The zero-order valence-electron chi connectivity index (χ0n) is 14.9. The number of carbonyl (C=O) groups excluding carboxylic acids is 2. The Balaban J connectivity index is 1.74. The topological polar surface area (TPSA) is 62.3 Å². The van der Waals surface area contributed by atoms with Crippen molar-refractivity contribution in [2.45, 2.75) is 20.4 Å². The maximum atomic E-state index is 12.5. The quantitative estimate of drug-likeness (QED) is 0.768. The zero-order chi connectivity index (χ0) is 18.5. The highest BCUT2D eigenvalue weighted by molar-refractivity contribution is 6.01. The minimum absolute atomic E-state index is 0.00705. The molecule has 0 aliphatic heterocycles. The van der Waals surface area contributed by atoms with Crippen LogP contribution in [-0.4, -0.2) is 28.2 Å². The third-order valence-electron chi connectivity index (χ3n) is 4.31. The zero-order valence-corrected chi connectivity index (χ0v) is 14.9. The molecule has 0 saturated heterocycles. The number of carbonyl (C=O) groups is 2. The fourth-order valence-corrected chi connectivity index (χ4v) is 2.84. The molecule has 5 nitrogen and oxygen atoms in total. The molecule has 5 heteroatoms. The van der Waals surface area contributed by atoms with E-state index in [1.165, 1.54) is 11.8 Å². The number of aromatic nitrogens is 1. The summed E-state index contributed by atoms with van der Waals surface area (Å²) < 4.78 is 0. The van der Waals surface area contributed by atoms with Crippen molar-refractivity contribution in [1.82, 2.24) is 9.88 Å². The number of hydrogen-bond donors (Lipinski definition) is 1. The Kier molecular flexibility index (Phi) is 5.27. The van der Waals surface area contributed by atoms with E-state index >= 15 is 0 Å². The van der Waals surface area contributed by atoms with E-state index in [1.807, 2.05) is 61.5 Å². The molecule has 0 radical (unpaired) electrons. The first kappa shape index (κ1) is 17.6. The van der Waals surface area contributed by atoms with Crippen LogP contribution in [0.1, 0.15) is 18.1 Å². The molecule has 0 saturated carbocycles. The highest BCUT2D eigenvalue weighted by Crippen LogP contribution is 2.20. The van der Waals surface area contributed by atoms with Gasteiger partial charge < -0.3 is 10.2 Å². The predicted octanol–water partition coefficient (Wildman–Crippen LogP) is 3.53. The summed E-state index contributed by atoms with van der Waals surface area (Å²) >= 11 is 0. The lowest BCUT2D eigenvalue weighted by molar-refractivity contribution is -0.133. The van der Waals surface area contributed by atoms with Gasteiger partial charge in [-0.2, -0.15) is 0 Å². The molecule has 26 heavy (non-hydrogen) atoms. The average Bonchev–Trinajstić information content (AvgIpc) is 2.63. The largest absolute Gasteiger partial charge is 0.329 e. The molecular weight excluding hydrogens is 326 g/mol. The Morgan fingerprint density at radius 3 is 2.58 bits per heavy atom. The minimum atomic E-state index is -0.244. The summed E-state index contributed by atoms with van der Waals surface area (Å²) in [5.41, 5.74) is 3.50. The van der Waals surface area contributed by atoms with E-state index in [0.29, 0.717) is 12.2 Å². The molecule has 0 bridgehead atoms. The number of benzene rings is 2. The van der Waals surface area contributed by atoms with Crippen LogP contribution in [0.3, 0.4) is 0 Å². The number of hydrogen-bond acceptors (Lipinski definition) is 3. The molecule has 1 heterocycles. The number of anilines is 1. The first-order valence-corrected chi connectivity index (χ1v) is 8.48. The van der Waals surface area contributed by atoms with E-state index < -0.39 is 0 Å². The Bertz CT molecular complexity index is 947. The number of amides is 2. The monoisotopic (exact) mass is 347 g/mol. The number of nitrogens with zero attached hydrogens (tertiary/aromatic N) is 2. The van der Waals surface area contributed by atoms with Crippen molar-refractivity contribution in [3.63, 3.8) is 0 Å². The smallest absolute Gasteiger partial charge is 0.244 e. The second kappa shape index (κ2) is 7.78. The third-order valence-corrected chi connectivity index (χ3v) is 4.31. The molecule has 1 aromatic heterocycles. The maximum Gasteiger partial charge on any atom is 0.244 e. The fraction of sp³-hybridized carbons (Fsp3) is 0.190. The van der Waals surface area contributed by atoms with E-state index in [4.69, 9.17) is 0 Å². The number of rotatable bonds is 5. The van der Waals surface area contributed by atoms with E-state index in [9.17, 15) is 9.59 Å². The van der Waals surface area contributed by atoms with Gasteiger partial charge in [-0.05, 0) is 30.2 Å². The summed E-state index contributed by atoms with van der Waals surface area (Å²) in [6, 6.07) is 17.3. The lowest BCUT2D eigenvalue weighted by Gasteiger charge is -2.21. The fourth-order valence-electron chi connectivity index (χ4n) is 2.84. The summed E-state index contributed by atoms with van der Waals surface area (Å²) in [5.74, 6) is -0.383. The Morgan fingerprint density at radius 2 is 1.81 bits per heavy atom. The minimum Gasteiger partial charge on any atom is -0.329 e.